The summed E-state index contributed by atoms with van der Waals surface area (Å²) in [6, 6.07) is 7.64. The van der Waals surface area contributed by atoms with Crippen LogP contribution in [0.25, 0.3) is 0 Å². The predicted molar refractivity (Wildman–Crippen MR) is 62.0 cm³/mol. The van der Waals surface area contributed by atoms with Gasteiger partial charge in [0.2, 0.25) is 0 Å². The lowest BCUT2D eigenvalue weighted by Gasteiger charge is -2.15. The highest BCUT2D eigenvalue weighted by Gasteiger charge is 2.41. The van der Waals surface area contributed by atoms with Gasteiger partial charge in [-0.05, 0) is 48.9 Å². The van der Waals surface area contributed by atoms with Crippen LogP contribution in [0.3, 0.4) is 0 Å². The van der Waals surface area contributed by atoms with E-state index in [4.69, 9.17) is 0 Å². The first kappa shape index (κ1) is 10.5. The molecule has 0 aliphatic heterocycles. The molecule has 82 valence electrons. The number of benzene rings is 1. The fourth-order valence-corrected chi connectivity index (χ4v) is 2.08. The molecule has 1 aliphatic rings. The maximum absolute atomic E-state index is 9.39. The Morgan fingerprint density at radius 2 is 2.20 bits per heavy atom. The highest BCUT2D eigenvalue weighted by atomic mass is 16.3. The molecule has 0 radical (unpaired) electrons. The van der Waals surface area contributed by atoms with Crippen LogP contribution in [0.2, 0.25) is 0 Å². The summed E-state index contributed by atoms with van der Waals surface area (Å²) in [4.78, 5) is 0. The van der Waals surface area contributed by atoms with E-state index in [1.807, 2.05) is 12.1 Å². The number of rotatable bonds is 5. The summed E-state index contributed by atoms with van der Waals surface area (Å²) in [6.07, 6.45) is 3.72. The molecule has 2 rings (SSSR count). The third-order valence-electron chi connectivity index (χ3n) is 3.20. The normalized spacial score (nSPS) is 17.7. The van der Waals surface area contributed by atoms with Crippen molar-refractivity contribution in [1.82, 2.24) is 5.32 Å². The molecule has 1 saturated carbocycles. The molecule has 0 saturated heterocycles. The van der Waals surface area contributed by atoms with Crippen molar-refractivity contribution in [1.29, 1.82) is 0 Å². The maximum atomic E-state index is 9.39. The van der Waals surface area contributed by atoms with E-state index in [0.717, 1.165) is 19.5 Å². The van der Waals surface area contributed by atoms with Gasteiger partial charge in [-0.2, -0.15) is 0 Å². The number of aromatic hydroxyl groups is 1. The Kier molecular flexibility index (Phi) is 2.96. The highest BCUT2D eigenvalue weighted by Crippen LogP contribution is 2.47. The zero-order valence-electron chi connectivity index (χ0n) is 9.29. The van der Waals surface area contributed by atoms with Gasteiger partial charge in [-0.3, -0.25) is 0 Å². The van der Waals surface area contributed by atoms with Gasteiger partial charge in [0.25, 0.3) is 0 Å². The molecule has 0 heterocycles. The Bertz CT molecular complexity index is 331. The van der Waals surface area contributed by atoms with Crippen molar-refractivity contribution in [3.8, 4) is 5.75 Å². The second-order valence-electron chi connectivity index (χ2n) is 4.63. The molecule has 2 heteroatoms. The van der Waals surface area contributed by atoms with Gasteiger partial charge in [0.1, 0.15) is 5.75 Å². The van der Waals surface area contributed by atoms with E-state index in [1.54, 1.807) is 6.07 Å². The lowest BCUT2D eigenvalue weighted by Crippen LogP contribution is -2.25. The summed E-state index contributed by atoms with van der Waals surface area (Å²) in [5.74, 6) is 0.381. The molecule has 0 atom stereocenters. The van der Waals surface area contributed by atoms with Crippen LogP contribution < -0.4 is 5.32 Å². The van der Waals surface area contributed by atoms with Crippen LogP contribution in [0, 0.1) is 5.41 Å². The van der Waals surface area contributed by atoms with E-state index in [1.165, 1.54) is 18.4 Å². The van der Waals surface area contributed by atoms with Gasteiger partial charge < -0.3 is 10.4 Å². The number of hydrogen-bond acceptors (Lipinski definition) is 2. The summed E-state index contributed by atoms with van der Waals surface area (Å²) < 4.78 is 0. The van der Waals surface area contributed by atoms with Crippen molar-refractivity contribution in [2.45, 2.75) is 26.2 Å². The number of hydrogen-bond donors (Lipinski definition) is 2. The smallest absolute Gasteiger partial charge is 0.115 e. The van der Waals surface area contributed by atoms with Crippen molar-refractivity contribution in [2.75, 3.05) is 13.1 Å². The summed E-state index contributed by atoms with van der Waals surface area (Å²) in [6.45, 7) is 4.30. The van der Waals surface area contributed by atoms with Crippen LogP contribution in [-0.2, 0) is 6.42 Å². The Morgan fingerprint density at radius 3 is 2.80 bits per heavy atom. The fraction of sp³-hybridized carbons (Fsp3) is 0.538. The molecule has 0 spiro atoms. The van der Waals surface area contributed by atoms with E-state index in [0.29, 0.717) is 11.2 Å². The molecular formula is C13H19NO. The molecule has 15 heavy (non-hydrogen) atoms. The standard InChI is InChI=1S/C13H19NO/c1-2-14-10-13(6-7-13)9-11-4-3-5-12(15)8-11/h3-5,8,14-15H,2,6-7,9-10H2,1H3. The molecule has 0 amide bonds. The molecule has 2 N–H and O–H groups in total. The van der Waals surface area contributed by atoms with Gasteiger partial charge in [-0.1, -0.05) is 19.1 Å². The van der Waals surface area contributed by atoms with Gasteiger partial charge in [-0.25, -0.2) is 0 Å². The second kappa shape index (κ2) is 4.23. The summed E-state index contributed by atoms with van der Waals surface area (Å²) in [5.41, 5.74) is 1.73. The van der Waals surface area contributed by atoms with Gasteiger partial charge in [0.05, 0.1) is 0 Å². The zero-order chi connectivity index (χ0) is 10.7. The molecule has 1 aromatic carbocycles. The Hall–Kier alpha value is -1.02. The third kappa shape index (κ3) is 2.72. The predicted octanol–water partition coefficient (Wildman–Crippen LogP) is 2.32. The van der Waals surface area contributed by atoms with Crippen molar-refractivity contribution < 1.29 is 5.11 Å². The van der Waals surface area contributed by atoms with Crippen LogP contribution in [0.1, 0.15) is 25.3 Å². The van der Waals surface area contributed by atoms with Crippen LogP contribution >= 0.6 is 0 Å². The highest BCUT2D eigenvalue weighted by molar-refractivity contribution is 5.28. The lowest BCUT2D eigenvalue weighted by molar-refractivity contribution is 0.456. The van der Waals surface area contributed by atoms with Gasteiger partial charge in [-0.15, -0.1) is 0 Å². The average Bonchev–Trinajstić information content (AvgIpc) is 2.96. The van der Waals surface area contributed by atoms with Crippen molar-refractivity contribution in [3.63, 3.8) is 0 Å². The number of phenolic OH excluding ortho intramolecular Hbond substituents is 1. The van der Waals surface area contributed by atoms with Gasteiger partial charge >= 0.3 is 0 Å². The minimum absolute atomic E-state index is 0.381. The molecule has 0 aromatic heterocycles. The summed E-state index contributed by atoms with van der Waals surface area (Å²) in [5, 5.41) is 12.8. The first-order valence-corrected chi connectivity index (χ1v) is 5.73. The average molecular weight is 205 g/mol. The minimum Gasteiger partial charge on any atom is -0.508 e. The van der Waals surface area contributed by atoms with Crippen molar-refractivity contribution in [2.24, 2.45) is 5.41 Å². The quantitative estimate of drug-likeness (QED) is 0.773. The molecule has 2 nitrogen and oxygen atoms in total. The Balaban J connectivity index is 1.96. The van der Waals surface area contributed by atoms with Crippen LogP contribution in [0.5, 0.6) is 5.75 Å². The first-order chi connectivity index (χ1) is 7.24. The van der Waals surface area contributed by atoms with Crippen LogP contribution in [-0.4, -0.2) is 18.2 Å². The summed E-state index contributed by atoms with van der Waals surface area (Å²) in [7, 11) is 0. The molecular weight excluding hydrogens is 186 g/mol. The molecule has 1 aliphatic carbocycles. The third-order valence-corrected chi connectivity index (χ3v) is 3.20. The SMILES string of the molecule is CCNCC1(Cc2cccc(O)c2)CC1. The van der Waals surface area contributed by atoms with Crippen LogP contribution in [0.4, 0.5) is 0 Å². The second-order valence-corrected chi connectivity index (χ2v) is 4.63. The van der Waals surface area contributed by atoms with Crippen LogP contribution in [0.15, 0.2) is 24.3 Å². The first-order valence-electron chi connectivity index (χ1n) is 5.73. The minimum atomic E-state index is 0.381. The van der Waals surface area contributed by atoms with Gasteiger partial charge in [0.15, 0.2) is 0 Å². The monoisotopic (exact) mass is 205 g/mol. The molecule has 0 unspecified atom stereocenters. The van der Waals surface area contributed by atoms with Crippen molar-refractivity contribution in [3.05, 3.63) is 29.8 Å². The topological polar surface area (TPSA) is 32.3 Å². The fourth-order valence-electron chi connectivity index (χ4n) is 2.08. The lowest BCUT2D eigenvalue weighted by atomic mass is 9.96. The Labute approximate surface area is 91.3 Å². The zero-order valence-corrected chi connectivity index (χ0v) is 9.29. The van der Waals surface area contributed by atoms with E-state index in [9.17, 15) is 5.11 Å². The molecule has 0 bridgehead atoms. The van der Waals surface area contributed by atoms with E-state index >= 15 is 0 Å². The van der Waals surface area contributed by atoms with E-state index < -0.39 is 0 Å². The summed E-state index contributed by atoms with van der Waals surface area (Å²) >= 11 is 0. The van der Waals surface area contributed by atoms with Gasteiger partial charge in [0, 0.05) is 6.54 Å². The van der Waals surface area contributed by atoms with Crippen molar-refractivity contribution >= 4 is 0 Å². The van der Waals surface area contributed by atoms with E-state index in [-0.39, 0.29) is 0 Å². The largest absolute Gasteiger partial charge is 0.508 e. The number of nitrogens with one attached hydrogen (secondary N) is 1. The Morgan fingerprint density at radius 1 is 1.40 bits per heavy atom. The maximum Gasteiger partial charge on any atom is 0.115 e. The van der Waals surface area contributed by atoms with E-state index in [2.05, 4.69) is 18.3 Å². The number of phenols is 1. The molecule has 1 fully saturated rings. The molecule has 1 aromatic rings.